The molecule has 4 nitrogen and oxygen atoms in total. The summed E-state index contributed by atoms with van der Waals surface area (Å²) in [7, 11) is 0. The van der Waals surface area contributed by atoms with Gasteiger partial charge in [0.25, 0.3) is 0 Å². The van der Waals surface area contributed by atoms with E-state index in [1.807, 2.05) is 12.1 Å². The van der Waals surface area contributed by atoms with Crippen molar-refractivity contribution < 1.29 is 18.0 Å². The lowest BCUT2D eigenvalue weighted by molar-refractivity contribution is -0.137. The molecule has 3 rings (SSSR count). The number of hydrogen-bond acceptors (Lipinski definition) is 3. The number of carbonyl (C=O) groups excluding carboxylic acids is 1. The van der Waals surface area contributed by atoms with E-state index >= 15 is 0 Å². The van der Waals surface area contributed by atoms with Gasteiger partial charge in [-0.05, 0) is 42.3 Å². The molecule has 1 amide bonds. The van der Waals surface area contributed by atoms with Crippen molar-refractivity contribution >= 4 is 23.2 Å². The van der Waals surface area contributed by atoms with Crippen LogP contribution in [-0.2, 0) is 11.0 Å². The molecule has 0 aliphatic carbocycles. The number of alkyl halides is 3. The minimum absolute atomic E-state index is 0.104. The highest BCUT2D eigenvalue weighted by Gasteiger charge is 2.32. The Hall–Kier alpha value is -2.09. The molecule has 0 spiro atoms. The topological polar surface area (TPSA) is 53.2 Å². The fourth-order valence-electron chi connectivity index (χ4n) is 2.67. The highest BCUT2D eigenvalue weighted by molar-refractivity contribution is 6.30. The predicted octanol–water partition coefficient (Wildman–Crippen LogP) is 3.91. The molecule has 2 unspecified atom stereocenters. The van der Waals surface area contributed by atoms with Crippen LogP contribution in [-0.4, -0.2) is 11.9 Å². The predicted molar refractivity (Wildman–Crippen MR) is 88.9 cm³/mol. The second-order valence-electron chi connectivity index (χ2n) is 5.75. The molecule has 1 heterocycles. The monoisotopic (exact) mass is 369 g/mol. The second kappa shape index (κ2) is 7.03. The van der Waals surface area contributed by atoms with Crippen LogP contribution in [0.4, 0.5) is 18.9 Å². The number of hydrogen-bond donors (Lipinski definition) is 3. The normalized spacial score (nSPS) is 20.5. The van der Waals surface area contributed by atoms with Crippen LogP contribution < -0.4 is 16.2 Å². The minimum atomic E-state index is -4.45. The third-order valence-corrected chi connectivity index (χ3v) is 4.16. The summed E-state index contributed by atoms with van der Waals surface area (Å²) in [6, 6.07) is 11.1. The molecular formula is C17H15ClF3N3O. The smallest absolute Gasteiger partial charge is 0.325 e. The molecule has 2 aromatic rings. The van der Waals surface area contributed by atoms with Gasteiger partial charge in [-0.1, -0.05) is 29.8 Å². The van der Waals surface area contributed by atoms with E-state index in [1.54, 1.807) is 12.1 Å². The molecule has 0 radical (unpaired) electrons. The van der Waals surface area contributed by atoms with Crippen LogP contribution >= 0.6 is 11.6 Å². The summed E-state index contributed by atoms with van der Waals surface area (Å²) in [5.74, 6) is -0.406. The van der Waals surface area contributed by atoms with Crippen LogP contribution in [0.25, 0.3) is 0 Å². The molecule has 0 saturated carbocycles. The summed E-state index contributed by atoms with van der Waals surface area (Å²) in [5.41, 5.74) is 6.09. The Morgan fingerprint density at radius 3 is 2.60 bits per heavy atom. The third kappa shape index (κ3) is 4.31. The Balaban J connectivity index is 1.65. The van der Waals surface area contributed by atoms with Crippen LogP contribution in [0.3, 0.4) is 0 Å². The van der Waals surface area contributed by atoms with Crippen molar-refractivity contribution in [2.45, 2.75) is 24.7 Å². The number of anilines is 1. The standard InChI is InChI=1S/C17H15ClF3N3O/c18-12-5-1-3-10(7-12)14-9-15(24-23-14)16(25)22-13-6-2-4-11(8-13)17(19,20)21/h1-8,14-15,23-24H,9H2,(H,22,25). The molecule has 1 aliphatic heterocycles. The van der Waals surface area contributed by atoms with E-state index in [0.29, 0.717) is 11.4 Å². The summed E-state index contributed by atoms with van der Waals surface area (Å²) in [6.07, 6.45) is -4.00. The molecule has 0 bridgehead atoms. The first-order valence-electron chi connectivity index (χ1n) is 7.57. The summed E-state index contributed by atoms with van der Waals surface area (Å²) >= 11 is 5.96. The van der Waals surface area contributed by atoms with E-state index in [0.717, 1.165) is 17.7 Å². The number of hydrazine groups is 1. The van der Waals surface area contributed by atoms with Gasteiger partial charge in [0.2, 0.25) is 5.91 Å². The third-order valence-electron chi connectivity index (χ3n) is 3.93. The number of amides is 1. The second-order valence-corrected chi connectivity index (χ2v) is 6.19. The maximum atomic E-state index is 12.7. The lowest BCUT2D eigenvalue weighted by atomic mass is 10.0. The maximum Gasteiger partial charge on any atom is 0.416 e. The van der Waals surface area contributed by atoms with Gasteiger partial charge < -0.3 is 5.32 Å². The van der Waals surface area contributed by atoms with Gasteiger partial charge in [0.15, 0.2) is 0 Å². The zero-order valence-corrected chi connectivity index (χ0v) is 13.7. The Morgan fingerprint density at radius 1 is 1.12 bits per heavy atom. The zero-order chi connectivity index (χ0) is 18.0. The quantitative estimate of drug-likeness (QED) is 0.769. The number of rotatable bonds is 3. The maximum absolute atomic E-state index is 12.7. The summed E-state index contributed by atoms with van der Waals surface area (Å²) in [4.78, 5) is 12.3. The molecule has 1 aliphatic rings. The highest BCUT2D eigenvalue weighted by Crippen LogP contribution is 2.31. The molecule has 8 heteroatoms. The molecule has 2 aromatic carbocycles. The molecule has 132 valence electrons. The average molecular weight is 370 g/mol. The largest absolute Gasteiger partial charge is 0.416 e. The van der Waals surface area contributed by atoms with Crippen LogP contribution in [0.2, 0.25) is 5.02 Å². The van der Waals surface area contributed by atoms with E-state index in [2.05, 4.69) is 16.2 Å². The Morgan fingerprint density at radius 2 is 1.88 bits per heavy atom. The Kier molecular flexibility index (Phi) is 4.99. The molecule has 0 aromatic heterocycles. The van der Waals surface area contributed by atoms with Gasteiger partial charge >= 0.3 is 6.18 Å². The van der Waals surface area contributed by atoms with E-state index in [4.69, 9.17) is 11.6 Å². The van der Waals surface area contributed by atoms with E-state index in [9.17, 15) is 18.0 Å². The zero-order valence-electron chi connectivity index (χ0n) is 12.9. The van der Waals surface area contributed by atoms with Crippen LogP contribution in [0.1, 0.15) is 23.6 Å². The Bertz CT molecular complexity index is 782. The van der Waals surface area contributed by atoms with Crippen LogP contribution in [0.15, 0.2) is 48.5 Å². The fourth-order valence-corrected chi connectivity index (χ4v) is 2.87. The van der Waals surface area contributed by atoms with Gasteiger partial charge in [-0.15, -0.1) is 0 Å². The number of nitrogens with one attached hydrogen (secondary N) is 3. The van der Waals surface area contributed by atoms with Crippen molar-refractivity contribution in [1.29, 1.82) is 0 Å². The lowest BCUT2D eigenvalue weighted by Crippen LogP contribution is -2.39. The Labute approximate surface area is 147 Å². The van der Waals surface area contributed by atoms with Crippen molar-refractivity contribution in [3.05, 3.63) is 64.7 Å². The minimum Gasteiger partial charge on any atom is -0.325 e. The summed E-state index contributed by atoms with van der Waals surface area (Å²) in [6.45, 7) is 0. The van der Waals surface area contributed by atoms with E-state index < -0.39 is 23.7 Å². The summed E-state index contributed by atoms with van der Waals surface area (Å²) in [5, 5.41) is 3.11. The van der Waals surface area contributed by atoms with Crippen molar-refractivity contribution in [3.8, 4) is 0 Å². The first kappa shape index (κ1) is 17.7. The van der Waals surface area contributed by atoms with Gasteiger partial charge in [0, 0.05) is 16.8 Å². The molecule has 1 saturated heterocycles. The van der Waals surface area contributed by atoms with E-state index in [-0.39, 0.29) is 11.7 Å². The SMILES string of the molecule is O=C(Nc1cccc(C(F)(F)F)c1)C1CC(c2cccc(Cl)c2)NN1. The lowest BCUT2D eigenvalue weighted by Gasteiger charge is -2.13. The van der Waals surface area contributed by atoms with Crippen molar-refractivity contribution in [1.82, 2.24) is 10.9 Å². The van der Waals surface area contributed by atoms with Crippen molar-refractivity contribution in [2.24, 2.45) is 0 Å². The van der Waals surface area contributed by atoms with Gasteiger partial charge in [0.05, 0.1) is 5.56 Å². The molecule has 25 heavy (non-hydrogen) atoms. The van der Waals surface area contributed by atoms with Crippen molar-refractivity contribution in [2.75, 3.05) is 5.32 Å². The fraction of sp³-hybridized carbons (Fsp3) is 0.235. The van der Waals surface area contributed by atoms with Crippen LogP contribution in [0.5, 0.6) is 0 Å². The van der Waals surface area contributed by atoms with Crippen LogP contribution in [0, 0.1) is 0 Å². The van der Waals surface area contributed by atoms with Gasteiger partial charge in [0.1, 0.15) is 6.04 Å². The average Bonchev–Trinajstić information content (AvgIpc) is 3.04. The number of carbonyl (C=O) groups is 1. The molecular weight excluding hydrogens is 355 g/mol. The molecule has 3 N–H and O–H groups in total. The number of benzene rings is 2. The van der Waals surface area contributed by atoms with Crippen molar-refractivity contribution in [3.63, 3.8) is 0 Å². The van der Waals surface area contributed by atoms with E-state index in [1.165, 1.54) is 12.1 Å². The number of halogens is 4. The molecule has 1 fully saturated rings. The van der Waals surface area contributed by atoms with Gasteiger partial charge in [-0.2, -0.15) is 13.2 Å². The highest BCUT2D eigenvalue weighted by atomic mass is 35.5. The summed E-state index contributed by atoms with van der Waals surface area (Å²) < 4.78 is 38.2. The van der Waals surface area contributed by atoms with Gasteiger partial charge in [-0.3, -0.25) is 4.79 Å². The first-order chi connectivity index (χ1) is 11.8. The first-order valence-corrected chi connectivity index (χ1v) is 7.95. The van der Waals surface area contributed by atoms with Gasteiger partial charge in [-0.25, -0.2) is 10.9 Å². The molecule has 2 atom stereocenters.